The van der Waals surface area contributed by atoms with Gasteiger partial charge in [0, 0.05) is 17.1 Å². The van der Waals surface area contributed by atoms with Crippen molar-refractivity contribution in [3.05, 3.63) is 34.2 Å². The Morgan fingerprint density at radius 3 is 2.29 bits per heavy atom. The van der Waals surface area contributed by atoms with Gasteiger partial charge in [-0.2, -0.15) is 0 Å². The van der Waals surface area contributed by atoms with Gasteiger partial charge in [0.05, 0.1) is 14.2 Å². The van der Waals surface area contributed by atoms with Crippen molar-refractivity contribution in [2.75, 3.05) is 20.1 Å². The lowest BCUT2D eigenvalue weighted by Crippen LogP contribution is -2.28. The maximum absolute atomic E-state index is 11.6. The van der Waals surface area contributed by atoms with Gasteiger partial charge in [-0.1, -0.05) is 0 Å². The molecule has 0 radical (unpaired) electrons. The monoisotopic (exact) mass is 234 g/mol. The second-order valence-electron chi connectivity index (χ2n) is 3.73. The van der Waals surface area contributed by atoms with E-state index >= 15 is 0 Å². The summed E-state index contributed by atoms with van der Waals surface area (Å²) in [7, 11) is 3.12. The third kappa shape index (κ3) is 1.69. The topological polar surface area (TPSA) is 66.5 Å². The number of benzene rings is 1. The molecule has 0 spiro atoms. The number of pyridine rings is 1. The molecule has 0 aliphatic heterocycles. The summed E-state index contributed by atoms with van der Waals surface area (Å²) in [6.45, 7) is 1.79. The Morgan fingerprint density at radius 2 is 1.71 bits per heavy atom. The van der Waals surface area contributed by atoms with Gasteiger partial charge in [-0.25, -0.2) is 4.68 Å². The van der Waals surface area contributed by atoms with E-state index in [2.05, 4.69) is 0 Å². The summed E-state index contributed by atoms with van der Waals surface area (Å²) < 4.78 is 11.5. The third-order valence-corrected chi connectivity index (χ3v) is 2.82. The molecule has 2 rings (SSSR count). The van der Waals surface area contributed by atoms with Crippen LogP contribution in [0.3, 0.4) is 0 Å². The van der Waals surface area contributed by atoms with Crippen LogP contribution in [0, 0.1) is 6.92 Å². The van der Waals surface area contributed by atoms with E-state index < -0.39 is 0 Å². The first kappa shape index (κ1) is 11.3. The Bertz CT molecular complexity index is 632. The molecule has 5 nitrogen and oxygen atoms in total. The van der Waals surface area contributed by atoms with Crippen LogP contribution in [-0.4, -0.2) is 18.9 Å². The van der Waals surface area contributed by atoms with Gasteiger partial charge in [-0.3, -0.25) is 4.79 Å². The normalized spacial score (nSPS) is 10.5. The molecule has 0 bridgehead atoms. The zero-order chi connectivity index (χ0) is 12.6. The van der Waals surface area contributed by atoms with Crippen LogP contribution in [0.25, 0.3) is 10.8 Å². The number of nitrogen functional groups attached to an aromatic ring is 1. The lowest BCUT2D eigenvalue weighted by atomic mass is 10.1. The molecule has 0 aliphatic rings. The van der Waals surface area contributed by atoms with Gasteiger partial charge in [0.15, 0.2) is 11.5 Å². The van der Waals surface area contributed by atoms with Gasteiger partial charge in [0.2, 0.25) is 0 Å². The Kier molecular flexibility index (Phi) is 2.67. The summed E-state index contributed by atoms with van der Waals surface area (Å²) in [6.07, 6.45) is 0. The van der Waals surface area contributed by atoms with Gasteiger partial charge < -0.3 is 15.3 Å². The highest BCUT2D eigenvalue weighted by Crippen LogP contribution is 2.32. The fourth-order valence-electron chi connectivity index (χ4n) is 1.83. The lowest BCUT2D eigenvalue weighted by Gasteiger charge is -2.12. The number of hydrogen-bond donors (Lipinski definition) is 1. The molecule has 2 aromatic rings. The molecular weight excluding hydrogens is 220 g/mol. The number of ether oxygens (including phenoxy) is 2. The van der Waals surface area contributed by atoms with Crippen LogP contribution < -0.4 is 20.9 Å². The second kappa shape index (κ2) is 4.01. The molecule has 0 saturated heterocycles. The molecular formula is C12H14N2O3. The average molecular weight is 234 g/mol. The first-order valence-electron chi connectivity index (χ1n) is 5.12. The Morgan fingerprint density at radius 1 is 1.12 bits per heavy atom. The summed E-state index contributed by atoms with van der Waals surface area (Å²) in [5, 5.41) is 1.65. The number of aromatic nitrogens is 1. The lowest BCUT2D eigenvalue weighted by molar-refractivity contribution is 0.356. The fraction of sp³-hybridized carbons (Fsp3) is 0.250. The molecule has 0 aliphatic carbocycles. The van der Waals surface area contributed by atoms with Gasteiger partial charge in [0.25, 0.3) is 5.56 Å². The van der Waals surface area contributed by atoms with E-state index in [1.54, 1.807) is 27.2 Å². The minimum atomic E-state index is -0.248. The number of rotatable bonds is 2. The van der Waals surface area contributed by atoms with Crippen molar-refractivity contribution in [1.82, 2.24) is 4.68 Å². The highest BCUT2D eigenvalue weighted by atomic mass is 16.5. The number of methoxy groups -OCH3 is 2. The zero-order valence-electron chi connectivity index (χ0n) is 9.98. The Hall–Kier alpha value is -2.17. The molecule has 0 fully saturated rings. The first-order valence-corrected chi connectivity index (χ1v) is 5.12. The maximum atomic E-state index is 11.6. The van der Waals surface area contributed by atoms with E-state index in [4.69, 9.17) is 15.3 Å². The standard InChI is InChI=1S/C12H14N2O3/c1-7-9-6-11(17-3)10(16-2)4-8(9)5-12(15)14(7)13/h4-6H,13H2,1-3H3. The molecule has 90 valence electrons. The van der Waals surface area contributed by atoms with Crippen LogP contribution in [0.4, 0.5) is 0 Å². The van der Waals surface area contributed by atoms with Crippen molar-refractivity contribution in [1.29, 1.82) is 0 Å². The number of hydrogen-bond acceptors (Lipinski definition) is 4. The summed E-state index contributed by atoms with van der Waals surface area (Å²) in [6, 6.07) is 5.05. The van der Waals surface area contributed by atoms with Crippen molar-refractivity contribution < 1.29 is 9.47 Å². The van der Waals surface area contributed by atoms with Crippen molar-refractivity contribution in [3.8, 4) is 11.5 Å². The van der Waals surface area contributed by atoms with Crippen LogP contribution in [-0.2, 0) is 0 Å². The minimum Gasteiger partial charge on any atom is -0.493 e. The molecule has 2 N–H and O–H groups in total. The number of fused-ring (bicyclic) bond motifs is 1. The SMILES string of the molecule is COc1cc2cc(=O)n(N)c(C)c2cc1OC. The van der Waals surface area contributed by atoms with Crippen LogP contribution >= 0.6 is 0 Å². The molecule has 17 heavy (non-hydrogen) atoms. The highest BCUT2D eigenvalue weighted by Gasteiger charge is 2.10. The van der Waals surface area contributed by atoms with E-state index in [1.165, 1.54) is 6.07 Å². The van der Waals surface area contributed by atoms with Gasteiger partial charge >= 0.3 is 0 Å². The van der Waals surface area contributed by atoms with E-state index in [9.17, 15) is 4.79 Å². The quantitative estimate of drug-likeness (QED) is 0.788. The minimum absolute atomic E-state index is 0.248. The smallest absolute Gasteiger partial charge is 0.269 e. The zero-order valence-corrected chi connectivity index (χ0v) is 9.98. The molecule has 1 aromatic carbocycles. The molecule has 1 heterocycles. The molecule has 0 amide bonds. The number of aryl methyl sites for hydroxylation is 1. The van der Waals surface area contributed by atoms with E-state index in [1.807, 2.05) is 6.07 Å². The molecule has 1 aromatic heterocycles. The van der Waals surface area contributed by atoms with Crippen LogP contribution in [0.1, 0.15) is 5.69 Å². The van der Waals surface area contributed by atoms with E-state index in [0.29, 0.717) is 17.2 Å². The Labute approximate surface area is 98.3 Å². The second-order valence-corrected chi connectivity index (χ2v) is 3.73. The Balaban J connectivity index is 2.88. The van der Waals surface area contributed by atoms with Gasteiger partial charge in [-0.05, 0) is 24.4 Å². The summed E-state index contributed by atoms with van der Waals surface area (Å²) >= 11 is 0. The average Bonchev–Trinajstić information content (AvgIpc) is 2.34. The fourth-order valence-corrected chi connectivity index (χ4v) is 1.83. The number of nitrogens with two attached hydrogens (primary N) is 1. The van der Waals surface area contributed by atoms with Gasteiger partial charge in [0.1, 0.15) is 0 Å². The van der Waals surface area contributed by atoms with Crippen LogP contribution in [0.2, 0.25) is 0 Å². The van der Waals surface area contributed by atoms with Crippen molar-refractivity contribution in [2.24, 2.45) is 0 Å². The summed E-state index contributed by atoms with van der Waals surface area (Å²) in [5.74, 6) is 6.85. The van der Waals surface area contributed by atoms with Crippen molar-refractivity contribution in [2.45, 2.75) is 6.92 Å². The number of nitrogens with zero attached hydrogens (tertiary/aromatic N) is 1. The van der Waals surface area contributed by atoms with Crippen LogP contribution in [0.15, 0.2) is 23.0 Å². The summed E-state index contributed by atoms with van der Waals surface area (Å²) in [4.78, 5) is 11.6. The molecule has 0 atom stereocenters. The predicted octanol–water partition coefficient (Wildman–Crippen LogP) is 1.04. The predicted molar refractivity (Wildman–Crippen MR) is 66.2 cm³/mol. The molecule has 5 heteroatoms. The third-order valence-electron chi connectivity index (χ3n) is 2.82. The maximum Gasteiger partial charge on any atom is 0.269 e. The van der Waals surface area contributed by atoms with Crippen molar-refractivity contribution in [3.63, 3.8) is 0 Å². The van der Waals surface area contributed by atoms with Crippen LogP contribution in [0.5, 0.6) is 11.5 Å². The first-order chi connectivity index (χ1) is 8.08. The largest absolute Gasteiger partial charge is 0.493 e. The molecule has 0 saturated carbocycles. The molecule has 0 unspecified atom stereocenters. The van der Waals surface area contributed by atoms with Gasteiger partial charge in [-0.15, -0.1) is 0 Å². The van der Waals surface area contributed by atoms with Crippen molar-refractivity contribution >= 4 is 10.8 Å². The highest BCUT2D eigenvalue weighted by molar-refractivity contribution is 5.87. The van der Waals surface area contributed by atoms with E-state index in [0.717, 1.165) is 15.4 Å². The van der Waals surface area contributed by atoms with E-state index in [-0.39, 0.29) is 5.56 Å². The summed E-state index contributed by atoms with van der Waals surface area (Å²) in [5.41, 5.74) is 0.440.